The van der Waals surface area contributed by atoms with E-state index in [2.05, 4.69) is 0 Å². The summed E-state index contributed by atoms with van der Waals surface area (Å²) < 4.78 is 16.2. The molecular weight excluding hydrogens is 384 g/mol. The van der Waals surface area contributed by atoms with Gasteiger partial charge in [-0.25, -0.2) is 0 Å². The first-order chi connectivity index (χ1) is 13.4. The lowest BCUT2D eigenvalue weighted by Gasteiger charge is -2.40. The van der Waals surface area contributed by atoms with Crippen molar-refractivity contribution in [3.8, 4) is 5.75 Å². The number of hydrogen-bond acceptors (Lipinski definition) is 6. The molecule has 0 radical (unpaired) electrons. The van der Waals surface area contributed by atoms with Gasteiger partial charge in [0.25, 0.3) is 0 Å². The van der Waals surface area contributed by atoms with Crippen molar-refractivity contribution in [2.24, 2.45) is 0 Å². The van der Waals surface area contributed by atoms with E-state index in [0.717, 1.165) is 16.9 Å². The van der Waals surface area contributed by atoms with Crippen LogP contribution in [0.1, 0.15) is 29.7 Å². The first kappa shape index (κ1) is 21.0. The molecule has 7 heteroatoms. The molecule has 152 valence electrons. The Bertz CT molecular complexity index is 779. The molecule has 0 saturated carbocycles. The van der Waals surface area contributed by atoms with E-state index in [9.17, 15) is 15.3 Å². The van der Waals surface area contributed by atoms with Gasteiger partial charge in [0.1, 0.15) is 30.2 Å². The van der Waals surface area contributed by atoms with Crippen molar-refractivity contribution in [1.29, 1.82) is 0 Å². The zero-order valence-electron chi connectivity index (χ0n) is 15.8. The highest BCUT2D eigenvalue weighted by Crippen LogP contribution is 2.34. The molecule has 2 aromatic carbocycles. The van der Waals surface area contributed by atoms with Crippen LogP contribution in [-0.4, -0.2) is 53.6 Å². The van der Waals surface area contributed by atoms with Crippen molar-refractivity contribution in [1.82, 2.24) is 0 Å². The lowest BCUT2D eigenvalue weighted by atomic mass is 9.92. The van der Waals surface area contributed by atoms with Crippen LogP contribution in [0, 0.1) is 0 Å². The standard InChI is InChI=1S/C21H25ClO6/c1-3-27-15-7-4-12(5-8-15)10-14-11-13(6-9-16(14)22)20-18(24)17(23)19(25)21(26-2)28-20/h4-9,11,17-21,23-25H,3,10H2,1-2H3/t17-,18-,19?,20+,21?/m1/s1. The topological polar surface area (TPSA) is 88.4 Å². The van der Waals surface area contributed by atoms with Crippen LogP contribution in [0.15, 0.2) is 42.5 Å². The molecule has 28 heavy (non-hydrogen) atoms. The van der Waals surface area contributed by atoms with Crippen molar-refractivity contribution in [3.63, 3.8) is 0 Å². The molecule has 0 spiro atoms. The first-order valence-corrected chi connectivity index (χ1v) is 9.55. The van der Waals surface area contributed by atoms with E-state index < -0.39 is 30.7 Å². The molecule has 1 fully saturated rings. The number of benzene rings is 2. The van der Waals surface area contributed by atoms with E-state index in [1.807, 2.05) is 37.3 Å². The van der Waals surface area contributed by atoms with Gasteiger partial charge >= 0.3 is 0 Å². The third kappa shape index (κ3) is 4.49. The smallest absolute Gasteiger partial charge is 0.186 e. The number of methoxy groups -OCH3 is 1. The molecule has 0 aromatic heterocycles. The Balaban J connectivity index is 1.82. The van der Waals surface area contributed by atoms with E-state index in [4.69, 9.17) is 25.8 Å². The summed E-state index contributed by atoms with van der Waals surface area (Å²) in [5.41, 5.74) is 2.55. The number of rotatable bonds is 6. The van der Waals surface area contributed by atoms with Crippen molar-refractivity contribution in [2.45, 2.75) is 44.1 Å². The van der Waals surface area contributed by atoms with Gasteiger partial charge in [0, 0.05) is 12.1 Å². The van der Waals surface area contributed by atoms with Gasteiger partial charge in [0.05, 0.1) is 6.61 Å². The Morgan fingerprint density at radius 1 is 1.00 bits per heavy atom. The number of hydrogen-bond donors (Lipinski definition) is 3. The molecule has 2 aromatic rings. The SMILES string of the molecule is CCOc1ccc(Cc2cc([C@@H]3OC(OC)C(O)[C@H](O)[C@H]3O)ccc2Cl)cc1. The molecular formula is C21H25ClO6. The number of aliphatic hydroxyl groups excluding tert-OH is 3. The summed E-state index contributed by atoms with van der Waals surface area (Å²) in [6.45, 7) is 2.55. The van der Waals surface area contributed by atoms with Crippen LogP contribution in [0.25, 0.3) is 0 Å². The van der Waals surface area contributed by atoms with E-state index in [1.54, 1.807) is 12.1 Å². The Morgan fingerprint density at radius 3 is 2.36 bits per heavy atom. The maximum atomic E-state index is 10.4. The summed E-state index contributed by atoms with van der Waals surface area (Å²) in [7, 11) is 1.37. The molecule has 1 aliphatic rings. The second-order valence-corrected chi connectivity index (χ2v) is 7.14. The van der Waals surface area contributed by atoms with Crippen LogP contribution in [0.5, 0.6) is 5.75 Å². The molecule has 6 nitrogen and oxygen atoms in total. The van der Waals surface area contributed by atoms with Gasteiger partial charge in [-0.15, -0.1) is 0 Å². The number of ether oxygens (including phenoxy) is 3. The fraction of sp³-hybridized carbons (Fsp3) is 0.429. The Hall–Kier alpha value is -1.67. The van der Waals surface area contributed by atoms with Gasteiger partial charge < -0.3 is 29.5 Å². The van der Waals surface area contributed by atoms with Gasteiger partial charge in [-0.1, -0.05) is 35.9 Å². The lowest BCUT2D eigenvalue weighted by Crippen LogP contribution is -2.54. The van der Waals surface area contributed by atoms with Crippen molar-refractivity contribution < 1.29 is 29.5 Å². The monoisotopic (exact) mass is 408 g/mol. The lowest BCUT2D eigenvalue weighted by molar-refractivity contribution is -0.292. The molecule has 3 rings (SSSR count). The van der Waals surface area contributed by atoms with Gasteiger partial charge in [-0.2, -0.15) is 0 Å². The predicted octanol–water partition coefficient (Wildman–Crippen LogP) is 2.46. The predicted molar refractivity (Wildman–Crippen MR) is 105 cm³/mol. The van der Waals surface area contributed by atoms with E-state index in [0.29, 0.717) is 23.6 Å². The molecule has 0 aliphatic carbocycles. The fourth-order valence-corrected chi connectivity index (χ4v) is 3.50. The molecule has 0 amide bonds. The third-order valence-corrected chi connectivity index (χ3v) is 5.20. The van der Waals surface area contributed by atoms with E-state index >= 15 is 0 Å². The highest BCUT2D eigenvalue weighted by atomic mass is 35.5. The molecule has 0 bridgehead atoms. The first-order valence-electron chi connectivity index (χ1n) is 9.17. The quantitative estimate of drug-likeness (QED) is 0.680. The maximum absolute atomic E-state index is 10.4. The van der Waals surface area contributed by atoms with Crippen LogP contribution in [0.2, 0.25) is 5.02 Å². The summed E-state index contributed by atoms with van der Waals surface area (Å²) in [5.74, 6) is 0.808. The zero-order valence-corrected chi connectivity index (χ0v) is 16.5. The molecule has 3 N–H and O–H groups in total. The summed E-state index contributed by atoms with van der Waals surface area (Å²) >= 11 is 6.37. The molecule has 1 heterocycles. The minimum Gasteiger partial charge on any atom is -0.494 e. The second-order valence-electron chi connectivity index (χ2n) is 6.74. The van der Waals surface area contributed by atoms with Crippen LogP contribution in [0.4, 0.5) is 0 Å². The normalized spacial score (nSPS) is 27.6. The highest BCUT2D eigenvalue weighted by molar-refractivity contribution is 6.31. The summed E-state index contributed by atoms with van der Waals surface area (Å²) in [5, 5.41) is 31.0. The molecule has 5 atom stereocenters. The molecule has 1 saturated heterocycles. The Labute approximate surface area is 169 Å². The number of halogens is 1. The summed E-state index contributed by atoms with van der Waals surface area (Å²) in [6.07, 6.45) is -5.30. The van der Waals surface area contributed by atoms with Gasteiger partial charge in [0.15, 0.2) is 6.29 Å². The maximum Gasteiger partial charge on any atom is 0.186 e. The Kier molecular flexibility index (Phi) is 6.93. The van der Waals surface area contributed by atoms with Crippen LogP contribution in [-0.2, 0) is 15.9 Å². The highest BCUT2D eigenvalue weighted by Gasteiger charge is 2.44. The molecule has 1 aliphatic heterocycles. The zero-order chi connectivity index (χ0) is 20.3. The fourth-order valence-electron chi connectivity index (χ4n) is 3.32. The summed E-state index contributed by atoms with van der Waals surface area (Å²) in [6, 6.07) is 13.1. The second kappa shape index (κ2) is 9.22. The largest absolute Gasteiger partial charge is 0.494 e. The molecule has 2 unspecified atom stereocenters. The van der Waals surface area contributed by atoms with Gasteiger partial charge in [-0.05, 0) is 48.2 Å². The Morgan fingerprint density at radius 2 is 1.71 bits per heavy atom. The third-order valence-electron chi connectivity index (χ3n) is 4.83. The van der Waals surface area contributed by atoms with Gasteiger partial charge in [-0.3, -0.25) is 0 Å². The summed E-state index contributed by atoms with van der Waals surface area (Å²) in [4.78, 5) is 0. The van der Waals surface area contributed by atoms with Gasteiger partial charge in [0.2, 0.25) is 0 Å². The minimum atomic E-state index is -1.38. The van der Waals surface area contributed by atoms with Crippen molar-refractivity contribution >= 4 is 11.6 Å². The minimum absolute atomic E-state index is 0.584. The van der Waals surface area contributed by atoms with Crippen molar-refractivity contribution in [2.75, 3.05) is 13.7 Å². The van der Waals surface area contributed by atoms with E-state index in [-0.39, 0.29) is 0 Å². The van der Waals surface area contributed by atoms with Crippen molar-refractivity contribution in [3.05, 3.63) is 64.2 Å². The average Bonchev–Trinajstić information content (AvgIpc) is 2.70. The average molecular weight is 409 g/mol. The van der Waals surface area contributed by atoms with Crippen LogP contribution >= 0.6 is 11.6 Å². The van der Waals surface area contributed by atoms with Crippen LogP contribution < -0.4 is 4.74 Å². The van der Waals surface area contributed by atoms with Crippen LogP contribution in [0.3, 0.4) is 0 Å². The van der Waals surface area contributed by atoms with E-state index in [1.165, 1.54) is 7.11 Å². The number of aliphatic hydroxyl groups is 3.